The Bertz CT molecular complexity index is 522. The van der Waals surface area contributed by atoms with E-state index in [1.165, 1.54) is 0 Å². The molecule has 0 aromatic heterocycles. The first-order valence-corrected chi connectivity index (χ1v) is 8.45. The maximum absolute atomic E-state index is 14.4. The minimum absolute atomic E-state index is 0.349. The van der Waals surface area contributed by atoms with Crippen molar-refractivity contribution in [1.82, 2.24) is 0 Å². The van der Waals surface area contributed by atoms with E-state index in [1.54, 1.807) is 0 Å². The number of alkyl halides is 7. The van der Waals surface area contributed by atoms with Gasteiger partial charge in [0.25, 0.3) is 0 Å². The maximum Gasteiger partial charge on any atom is 0.460 e. The summed E-state index contributed by atoms with van der Waals surface area (Å²) in [5.74, 6) is -6.57. The van der Waals surface area contributed by atoms with Gasteiger partial charge in [-0.1, -0.05) is 0 Å². The van der Waals surface area contributed by atoms with Gasteiger partial charge in [-0.05, 0) is 61.7 Å². The fraction of sp³-hybridized carbons (Fsp3) is 0.938. The number of hydrogen-bond acceptors (Lipinski definition) is 3. The lowest BCUT2D eigenvalue weighted by molar-refractivity contribution is -0.335. The van der Waals surface area contributed by atoms with Crippen LogP contribution in [0.1, 0.15) is 38.5 Å². The molecule has 0 saturated heterocycles. The van der Waals surface area contributed by atoms with Crippen molar-refractivity contribution in [3.05, 3.63) is 0 Å². The molecule has 1 unspecified atom stereocenters. The van der Waals surface area contributed by atoms with Crippen molar-refractivity contribution in [3.8, 4) is 0 Å². The molecule has 4 aliphatic rings. The molecule has 4 fully saturated rings. The molecule has 150 valence electrons. The fourth-order valence-corrected chi connectivity index (χ4v) is 5.22. The quantitative estimate of drug-likeness (QED) is 0.509. The molecule has 0 amide bonds. The van der Waals surface area contributed by atoms with Gasteiger partial charge >= 0.3 is 24.2 Å². The van der Waals surface area contributed by atoms with Gasteiger partial charge in [-0.2, -0.15) is 30.7 Å². The highest BCUT2D eigenvalue weighted by Crippen LogP contribution is 2.60. The minimum atomic E-state index is -5.84. The number of esters is 1. The zero-order valence-corrected chi connectivity index (χ0v) is 13.8. The van der Waals surface area contributed by atoms with Gasteiger partial charge in [0.2, 0.25) is 0 Å². The lowest BCUT2D eigenvalue weighted by atomic mass is 9.50. The van der Waals surface area contributed by atoms with E-state index in [2.05, 4.69) is 9.47 Å². The molecule has 4 rings (SSSR count). The second-order valence-corrected chi connectivity index (χ2v) is 7.99. The largest absolute Gasteiger partial charge is 0.460 e. The number of rotatable bonds is 5. The first-order valence-electron chi connectivity index (χ1n) is 8.45. The third-order valence-corrected chi connectivity index (χ3v) is 5.74. The molecule has 0 aromatic rings. The Labute approximate surface area is 145 Å². The van der Waals surface area contributed by atoms with E-state index in [-0.39, 0.29) is 0 Å². The van der Waals surface area contributed by atoms with Crippen LogP contribution in [0.2, 0.25) is 0 Å². The van der Waals surface area contributed by atoms with E-state index >= 15 is 0 Å². The highest BCUT2D eigenvalue weighted by Gasteiger charge is 2.66. The molecule has 3 nitrogen and oxygen atoms in total. The summed E-state index contributed by atoms with van der Waals surface area (Å²) in [5, 5.41) is 0. The first kappa shape index (κ1) is 19.7. The van der Waals surface area contributed by atoms with Gasteiger partial charge in [0.1, 0.15) is 0 Å². The van der Waals surface area contributed by atoms with Crippen LogP contribution in [0.4, 0.5) is 30.7 Å². The van der Waals surface area contributed by atoms with Crippen LogP contribution < -0.4 is 0 Å². The molecule has 1 atom stereocenters. The number of carbonyl (C=O) groups excluding carboxylic acids is 1. The summed E-state index contributed by atoms with van der Waals surface area (Å²) in [6, 6.07) is 0. The van der Waals surface area contributed by atoms with Crippen molar-refractivity contribution in [1.29, 1.82) is 0 Å². The summed E-state index contributed by atoms with van der Waals surface area (Å²) in [6.45, 7) is -2.97. The molecule has 10 heteroatoms. The van der Waals surface area contributed by atoms with Crippen molar-refractivity contribution in [3.63, 3.8) is 0 Å². The highest BCUT2D eigenvalue weighted by atomic mass is 19.4. The zero-order chi connectivity index (χ0) is 19.4. The van der Waals surface area contributed by atoms with Crippen molar-refractivity contribution < 1.29 is 45.0 Å². The summed E-state index contributed by atoms with van der Waals surface area (Å²) in [6.07, 6.45) is -6.16. The summed E-state index contributed by atoms with van der Waals surface area (Å²) < 4.78 is 97.6. The molecule has 0 N–H and O–H groups in total. The molecular weight excluding hydrogens is 373 g/mol. The molecular formula is C16H19F7O3. The van der Waals surface area contributed by atoms with Crippen molar-refractivity contribution in [2.75, 3.05) is 13.2 Å². The van der Waals surface area contributed by atoms with Crippen LogP contribution in [0, 0.1) is 23.2 Å². The lowest BCUT2D eigenvalue weighted by Crippen LogP contribution is -2.55. The number of carbonyl (C=O) groups is 1. The van der Waals surface area contributed by atoms with Crippen molar-refractivity contribution >= 4 is 5.97 Å². The Morgan fingerprint density at radius 3 is 1.73 bits per heavy atom. The van der Waals surface area contributed by atoms with Gasteiger partial charge in [-0.25, -0.2) is 4.79 Å². The average Bonchev–Trinajstić information content (AvgIpc) is 2.47. The molecule has 0 heterocycles. The topological polar surface area (TPSA) is 35.5 Å². The number of hydrogen-bond donors (Lipinski definition) is 0. The monoisotopic (exact) mass is 392 g/mol. The summed E-state index contributed by atoms with van der Waals surface area (Å²) in [4.78, 5) is 11.4. The molecule has 0 aromatic carbocycles. The van der Waals surface area contributed by atoms with Gasteiger partial charge in [0.15, 0.2) is 6.61 Å². The van der Waals surface area contributed by atoms with Gasteiger partial charge in [-0.15, -0.1) is 0 Å². The molecule has 0 radical (unpaired) electrons. The van der Waals surface area contributed by atoms with Crippen LogP contribution in [0.25, 0.3) is 0 Å². The van der Waals surface area contributed by atoms with Crippen LogP contribution in [0.15, 0.2) is 0 Å². The standard InChI is InChI=1S/C16H19F7O3/c17-14(18,19)8-25-12(24)15(20,16(21,22)23)26-7-13-4-9-1-10(5-13)3-11(2-9)6-13/h9-11H,1-8H2. The zero-order valence-electron chi connectivity index (χ0n) is 13.8. The fourth-order valence-electron chi connectivity index (χ4n) is 5.22. The van der Waals surface area contributed by atoms with E-state index in [4.69, 9.17) is 0 Å². The SMILES string of the molecule is O=C(OCC(F)(F)F)C(F)(OCC12CC3CC(CC(C3)C1)C2)C(F)(F)F. The summed E-state index contributed by atoms with van der Waals surface area (Å²) in [5.41, 5.74) is -0.651. The van der Waals surface area contributed by atoms with Crippen LogP contribution in [0.3, 0.4) is 0 Å². The molecule has 4 aliphatic carbocycles. The smallest absolute Gasteiger partial charge is 0.452 e. The lowest BCUT2D eigenvalue weighted by Gasteiger charge is -2.56. The van der Waals surface area contributed by atoms with E-state index in [0.29, 0.717) is 37.0 Å². The van der Waals surface area contributed by atoms with Crippen molar-refractivity contribution in [2.24, 2.45) is 23.2 Å². The first-order chi connectivity index (χ1) is 11.8. The minimum Gasteiger partial charge on any atom is -0.452 e. The Morgan fingerprint density at radius 1 is 0.885 bits per heavy atom. The van der Waals surface area contributed by atoms with Gasteiger partial charge in [0, 0.05) is 0 Å². The van der Waals surface area contributed by atoms with Crippen LogP contribution in [-0.4, -0.2) is 37.4 Å². The Morgan fingerprint density at radius 2 is 1.35 bits per heavy atom. The Balaban J connectivity index is 1.70. The van der Waals surface area contributed by atoms with E-state index < -0.39 is 42.8 Å². The molecule has 0 spiro atoms. The van der Waals surface area contributed by atoms with Gasteiger partial charge in [0.05, 0.1) is 6.61 Å². The van der Waals surface area contributed by atoms with Crippen LogP contribution >= 0.6 is 0 Å². The normalized spacial score (nSPS) is 36.0. The van der Waals surface area contributed by atoms with E-state index in [9.17, 15) is 35.5 Å². The average molecular weight is 392 g/mol. The third kappa shape index (κ3) is 3.80. The highest BCUT2D eigenvalue weighted by molar-refractivity contribution is 5.78. The van der Waals surface area contributed by atoms with E-state index in [1.807, 2.05) is 0 Å². The molecule has 0 aliphatic heterocycles. The maximum atomic E-state index is 14.4. The van der Waals surface area contributed by atoms with E-state index in [0.717, 1.165) is 19.3 Å². The van der Waals surface area contributed by atoms with Crippen LogP contribution in [-0.2, 0) is 14.3 Å². The number of ether oxygens (including phenoxy) is 2. The predicted octanol–water partition coefficient (Wildman–Crippen LogP) is 4.55. The third-order valence-electron chi connectivity index (χ3n) is 5.74. The van der Waals surface area contributed by atoms with Crippen molar-refractivity contribution in [2.45, 2.75) is 56.7 Å². The van der Waals surface area contributed by atoms with Gasteiger partial charge in [-0.3, -0.25) is 0 Å². The summed E-state index contributed by atoms with van der Waals surface area (Å²) in [7, 11) is 0. The second kappa shape index (κ2) is 6.24. The number of halogens is 7. The van der Waals surface area contributed by atoms with Gasteiger partial charge < -0.3 is 9.47 Å². The second-order valence-electron chi connectivity index (χ2n) is 7.99. The molecule has 26 heavy (non-hydrogen) atoms. The molecule has 4 saturated carbocycles. The Hall–Kier alpha value is -1.06. The summed E-state index contributed by atoms with van der Waals surface area (Å²) >= 11 is 0. The Kier molecular flexibility index (Phi) is 4.73. The van der Waals surface area contributed by atoms with Crippen LogP contribution in [0.5, 0.6) is 0 Å². The predicted molar refractivity (Wildman–Crippen MR) is 73.5 cm³/mol. The molecule has 4 bridgehead atoms.